The Hall–Kier alpha value is 2.88. The molecule has 0 unspecified atom stereocenters. The highest BCUT2D eigenvalue weighted by molar-refractivity contribution is 8.37. The summed E-state index contributed by atoms with van der Waals surface area (Å²) in [5, 5.41) is 3.31. The molecule has 58 heteroatoms. The fourth-order valence-electron chi connectivity index (χ4n) is 11.2. The first-order valence-corrected chi connectivity index (χ1v) is 22.3. The van der Waals surface area contributed by atoms with Gasteiger partial charge in [-0.15, -0.1) is 0 Å². The molecule has 0 spiro atoms. The number of hydrogen-bond donors (Lipinski definition) is 1. The van der Waals surface area contributed by atoms with Crippen LogP contribution in [0.15, 0.2) is 18.2 Å². The van der Waals surface area contributed by atoms with Crippen LogP contribution in [0.5, 0.6) is 0 Å². The topological polar surface area (TPSA) is 12.0 Å². The van der Waals surface area contributed by atoms with E-state index in [0.717, 1.165) is 20.2 Å². The highest BCUT2D eigenvalue weighted by Gasteiger charge is 2.61. The molecule has 0 aromatic heterocycles. The molecule has 0 aliphatic carbocycles. The third kappa shape index (κ3) is 18.8. The first-order valence-electron chi connectivity index (χ1n) is 22.3. The van der Waals surface area contributed by atoms with Crippen molar-refractivity contribution < 1.29 is 0 Å². The van der Waals surface area contributed by atoms with E-state index in [0.29, 0.717) is 0 Å². The molecule has 0 fully saturated rings. The molecule has 223 valence electrons. The van der Waals surface area contributed by atoms with Crippen LogP contribution in [-0.2, 0) is 13.1 Å². The Morgan fingerprint density at radius 2 is 0.537 bits per heavy atom. The van der Waals surface area contributed by atoms with Crippen LogP contribution in [0.1, 0.15) is 16.7 Å². The summed E-state index contributed by atoms with van der Waals surface area (Å²) in [4.78, 5) is 0. The fraction of sp³-hybridized carbons (Fsp3) is 0.333. The summed E-state index contributed by atoms with van der Waals surface area (Å²) in [7, 11) is 191. The van der Waals surface area contributed by atoms with Crippen LogP contribution >= 0.6 is 0 Å². The summed E-state index contributed by atoms with van der Waals surface area (Å²) >= 11 is 0. The van der Waals surface area contributed by atoms with Gasteiger partial charge in [-0.3, -0.25) is 0 Å². The van der Waals surface area contributed by atoms with E-state index in [1.54, 1.807) is 0 Å². The zero-order valence-corrected chi connectivity index (χ0v) is 39.1. The van der Waals surface area contributed by atoms with E-state index in [1.807, 2.05) is 0 Å². The average molecular weight is 749 g/mol. The van der Waals surface area contributed by atoms with Crippen LogP contribution in [0.4, 0.5) is 0 Å². The minimum atomic E-state index is -1.46. The molecule has 1 aliphatic rings. The highest BCUT2D eigenvalue weighted by atomic mass is 14.9. The maximum Gasteiger partial charge on any atom is 0.0212 e. The summed E-state index contributed by atoms with van der Waals surface area (Å²) < 4.78 is 0. The molecule has 0 atom stereocenters. The number of hydrogen-bond acceptors (Lipinski definition) is 1. The number of benzene rings is 1. The van der Waals surface area contributed by atoms with Crippen molar-refractivity contribution in [2.24, 2.45) is 0 Å². The lowest BCUT2D eigenvalue weighted by molar-refractivity contribution is 0.765. The lowest BCUT2D eigenvalue weighted by Gasteiger charge is -2.58. The van der Waals surface area contributed by atoms with Gasteiger partial charge < -0.3 is 5.32 Å². The minimum absolute atomic E-state index is 1.05. The van der Waals surface area contributed by atoms with E-state index < -0.39 is 172 Å². The molecule has 1 aromatic rings. The quantitative estimate of drug-likeness (QED) is 0.0884. The Labute approximate surface area is 460 Å². The van der Waals surface area contributed by atoms with E-state index in [-0.39, 0.29) is 0 Å². The van der Waals surface area contributed by atoms with Crippen LogP contribution in [0, 0.1) is 6.92 Å². The molecule has 0 amide bonds. The van der Waals surface area contributed by atoms with E-state index in [1.165, 1.54) is 16.7 Å². The van der Waals surface area contributed by atoms with Crippen molar-refractivity contribution >= 4 is 404 Å². The third-order valence-corrected chi connectivity index (χ3v) is 13.8. The summed E-state index contributed by atoms with van der Waals surface area (Å²) in [6, 6.07) is 6.64. The SMILES string of the molecule is Cc1ccc2c(c1)CNC2.[B][B]B(B([B])[B])B(B([B])[B])B(B(B(B([B])[B])B([B])[B])B(B([B])[B])B([B])[B])B(B(B(B([B])[B])B([B])[B])B(B([B])[B])B([B])[B])B(B(B([B])[B])B([B])[B])B(B([B])[B])B([B])[B]. The third-order valence-electron chi connectivity index (χ3n) is 13.8. The second kappa shape index (κ2) is 31.8. The van der Waals surface area contributed by atoms with Crippen molar-refractivity contribution in [1.82, 2.24) is 5.32 Å². The summed E-state index contributed by atoms with van der Waals surface area (Å²) in [6.07, 6.45) is -36.8. The maximum atomic E-state index is 6.76. The van der Waals surface area contributed by atoms with Crippen molar-refractivity contribution in [1.29, 1.82) is 0 Å². The standard InChI is InChI=1S/C9H11N.B57/c1-7-2-3-8-5-10-6-9(8)4-7;1-30-45(31(2)3)52(44(28)29)56(53(46(32(4)5)33(6)7)47(34(8)9)35(10)11)57(54(48(36(12)13)37(14)15)49(38(16)17)39(18)19)55(50(40(20)21)41(22)23)51(42(24)25)43(26)27/h2-4,10H,5-6H2,1H3;. The Morgan fingerprint density at radius 1 is 0.313 bits per heavy atom. The number of aryl methyl sites for hydroxylation is 1. The number of nitrogens with one attached hydrogen (secondary N) is 1. The van der Waals surface area contributed by atoms with Crippen LogP contribution in [0.25, 0.3) is 0 Å². The van der Waals surface area contributed by atoms with Gasteiger partial charge in [0.25, 0.3) is 0 Å². The number of fused-ring (bicyclic) bond motifs is 1. The van der Waals surface area contributed by atoms with Crippen LogP contribution in [0.3, 0.4) is 0 Å². The Balaban J connectivity index is 0.00000194. The largest absolute Gasteiger partial charge is 0.309 e. The van der Waals surface area contributed by atoms with Gasteiger partial charge in [0.05, 0.1) is 0 Å². The Kier molecular flexibility index (Phi) is 32.2. The second-order valence-electron chi connectivity index (χ2n) is 18.7. The Bertz CT molecular complexity index is 1340. The van der Waals surface area contributed by atoms with Crippen molar-refractivity contribution in [3.8, 4) is 0 Å². The summed E-state index contributed by atoms with van der Waals surface area (Å²) in [5.41, 5.74) is 4.30. The van der Waals surface area contributed by atoms with E-state index in [2.05, 4.69) is 30.4 Å². The first-order chi connectivity index (χ1) is 30.8. The van der Waals surface area contributed by atoms with Crippen LogP contribution < -0.4 is 5.32 Å². The molecule has 1 N–H and O–H groups in total. The zero-order chi connectivity index (χ0) is 52.3. The molecule has 1 nitrogen and oxygen atoms in total. The van der Waals surface area contributed by atoms with Gasteiger partial charge in [0.2, 0.25) is 0 Å². The van der Waals surface area contributed by atoms with E-state index in [4.69, 9.17) is 224 Å². The minimum Gasteiger partial charge on any atom is -0.309 e. The van der Waals surface area contributed by atoms with Crippen molar-refractivity contribution in [3.63, 3.8) is 0 Å². The van der Waals surface area contributed by atoms with Gasteiger partial charge in [-0.1, -0.05) is 23.8 Å². The van der Waals surface area contributed by atoms with Gasteiger partial charge in [0.15, 0.2) is 0 Å². The molecule has 1 aliphatic heterocycles. The smallest absolute Gasteiger partial charge is 0.0212 e. The van der Waals surface area contributed by atoms with E-state index >= 15 is 0 Å². The number of rotatable bonds is 27. The van der Waals surface area contributed by atoms with Gasteiger partial charge in [-0.05, 0) is 18.1 Å². The maximum absolute atomic E-state index is 6.76. The zero-order valence-electron chi connectivity index (χ0n) is 39.1. The van der Waals surface area contributed by atoms with E-state index in [9.17, 15) is 0 Å². The van der Waals surface area contributed by atoms with Gasteiger partial charge in [-0.2, -0.15) is 0 Å². The van der Waals surface area contributed by atoms with Crippen LogP contribution in [-0.4, -0.2) is 404 Å². The molecular weight excluding hydrogens is 738 g/mol. The molecule has 0 bridgehead atoms. The lowest BCUT2D eigenvalue weighted by atomic mass is 8.23. The molecular formula is C9H11B57N. The van der Waals surface area contributed by atoms with Gasteiger partial charge >= 0.3 is 0 Å². The van der Waals surface area contributed by atoms with Crippen LogP contribution in [0.2, 0.25) is 0 Å². The normalized spacial score (nSPS) is 10.5. The monoisotopic (exact) mass is 761 g/mol. The predicted molar refractivity (Wildman–Crippen MR) is 370 cm³/mol. The molecule has 1 heterocycles. The molecule has 0 saturated heterocycles. The summed E-state index contributed by atoms with van der Waals surface area (Å²) in [6.45, 7) is 4.24. The first kappa shape index (κ1) is 67.9. The molecule has 0 saturated carbocycles. The Morgan fingerprint density at radius 3 is 0.761 bits per heavy atom. The summed E-state index contributed by atoms with van der Waals surface area (Å²) in [5.74, 6) is 0. The second-order valence-corrected chi connectivity index (χ2v) is 18.7. The van der Waals surface area contributed by atoms with Crippen molar-refractivity contribution in [2.75, 3.05) is 0 Å². The lowest BCUT2D eigenvalue weighted by Crippen LogP contribution is -2.96. The fourth-order valence-corrected chi connectivity index (χ4v) is 11.2. The van der Waals surface area contributed by atoms with Crippen molar-refractivity contribution in [3.05, 3.63) is 34.9 Å². The molecule has 1 aromatic carbocycles. The molecule has 59 radical (unpaired) electrons. The average Bonchev–Trinajstić information content (AvgIpc) is 3.61. The van der Waals surface area contributed by atoms with Gasteiger partial charge in [0, 0.05) is 417 Å². The van der Waals surface area contributed by atoms with Gasteiger partial charge in [0.1, 0.15) is 0 Å². The highest BCUT2D eigenvalue weighted by Crippen LogP contribution is 2.24. The van der Waals surface area contributed by atoms with Gasteiger partial charge in [-0.25, -0.2) is 0 Å². The molecule has 67 heavy (non-hydrogen) atoms. The molecule has 2 rings (SSSR count). The predicted octanol–water partition coefficient (Wildman–Crippen LogP) is -20.1. The van der Waals surface area contributed by atoms with Crippen molar-refractivity contribution in [2.45, 2.75) is 20.0 Å².